The number of aromatic amines is 1. The lowest BCUT2D eigenvalue weighted by Gasteiger charge is -2.13. The van der Waals surface area contributed by atoms with Crippen molar-refractivity contribution in [2.75, 3.05) is 0 Å². The molecule has 1 aromatic heterocycles. The summed E-state index contributed by atoms with van der Waals surface area (Å²) < 4.78 is 7.33. The molecule has 0 aliphatic carbocycles. The SMILES string of the molecule is Cc1cccc2c1N=CC2=Cc1c(O)n(-c2ccc(Oc3ccccc3)cc2)c(=S)[nH]c1=O. The number of aromatic hydroxyl groups is 1. The summed E-state index contributed by atoms with van der Waals surface area (Å²) in [6.07, 6.45) is 3.32. The van der Waals surface area contributed by atoms with Crippen molar-refractivity contribution in [3.05, 3.63) is 105 Å². The summed E-state index contributed by atoms with van der Waals surface area (Å²) in [6.45, 7) is 1.98. The zero-order valence-corrected chi connectivity index (χ0v) is 18.5. The van der Waals surface area contributed by atoms with Gasteiger partial charge in [-0.05, 0) is 67.2 Å². The highest BCUT2D eigenvalue weighted by molar-refractivity contribution is 7.71. The van der Waals surface area contributed by atoms with Crippen LogP contribution in [0.5, 0.6) is 17.4 Å². The molecule has 0 atom stereocenters. The Labute approximate surface area is 194 Å². The van der Waals surface area contributed by atoms with E-state index in [4.69, 9.17) is 17.0 Å². The van der Waals surface area contributed by atoms with Crippen LogP contribution in [0.2, 0.25) is 0 Å². The third-order valence-corrected chi connectivity index (χ3v) is 5.66. The summed E-state index contributed by atoms with van der Waals surface area (Å²) in [7, 11) is 0. The highest BCUT2D eigenvalue weighted by Crippen LogP contribution is 2.36. The number of para-hydroxylation sites is 2. The van der Waals surface area contributed by atoms with Gasteiger partial charge in [-0.1, -0.05) is 36.4 Å². The van der Waals surface area contributed by atoms with Crippen LogP contribution in [0, 0.1) is 11.7 Å². The molecule has 5 rings (SSSR count). The minimum Gasteiger partial charge on any atom is -0.494 e. The Morgan fingerprint density at radius 2 is 1.73 bits per heavy atom. The topological polar surface area (TPSA) is 79.6 Å². The molecule has 0 radical (unpaired) electrons. The second kappa shape index (κ2) is 8.37. The van der Waals surface area contributed by atoms with Crippen LogP contribution >= 0.6 is 12.2 Å². The van der Waals surface area contributed by atoms with Gasteiger partial charge in [-0.2, -0.15) is 0 Å². The number of allylic oxidation sites excluding steroid dienone is 1. The maximum atomic E-state index is 12.7. The highest BCUT2D eigenvalue weighted by Gasteiger charge is 2.18. The van der Waals surface area contributed by atoms with Crippen molar-refractivity contribution in [2.24, 2.45) is 4.99 Å². The standard InChI is InChI=1S/C26H19N3O3S/c1-16-6-5-9-21-17(15-27-23(16)21)14-22-24(30)28-26(33)29(25(22)31)18-10-12-20(13-11-18)32-19-7-3-2-4-8-19/h2-15,31H,1H3,(H,28,30,33). The first-order chi connectivity index (χ1) is 16.0. The lowest BCUT2D eigenvalue weighted by Crippen LogP contribution is -2.16. The molecule has 0 fully saturated rings. The molecule has 3 aromatic carbocycles. The van der Waals surface area contributed by atoms with E-state index < -0.39 is 5.56 Å². The predicted octanol–water partition coefficient (Wildman–Crippen LogP) is 5.96. The quantitative estimate of drug-likeness (QED) is 0.374. The van der Waals surface area contributed by atoms with Crippen LogP contribution in [0.15, 0.2) is 82.6 Å². The van der Waals surface area contributed by atoms with E-state index in [9.17, 15) is 9.90 Å². The smallest absolute Gasteiger partial charge is 0.262 e. The number of benzene rings is 3. The van der Waals surface area contributed by atoms with E-state index in [0.29, 0.717) is 11.4 Å². The van der Waals surface area contributed by atoms with Crippen molar-refractivity contribution < 1.29 is 9.84 Å². The zero-order valence-electron chi connectivity index (χ0n) is 17.6. The number of H-pyrrole nitrogens is 1. The van der Waals surface area contributed by atoms with E-state index in [1.807, 2.05) is 55.5 Å². The summed E-state index contributed by atoms with van der Waals surface area (Å²) in [6, 6.07) is 22.4. The minimum atomic E-state index is -0.472. The molecule has 0 unspecified atom stereocenters. The lowest BCUT2D eigenvalue weighted by atomic mass is 10.0. The number of aryl methyl sites for hydroxylation is 1. The van der Waals surface area contributed by atoms with Gasteiger partial charge in [0.2, 0.25) is 5.88 Å². The maximum Gasteiger partial charge on any atom is 0.262 e. The van der Waals surface area contributed by atoms with Crippen LogP contribution < -0.4 is 10.3 Å². The van der Waals surface area contributed by atoms with Gasteiger partial charge in [0.15, 0.2) is 4.77 Å². The molecule has 0 saturated heterocycles. The summed E-state index contributed by atoms with van der Waals surface area (Å²) in [5.74, 6) is 1.11. The number of nitrogens with one attached hydrogen (secondary N) is 1. The molecule has 162 valence electrons. The summed E-state index contributed by atoms with van der Waals surface area (Å²) in [4.78, 5) is 19.8. The van der Waals surface area contributed by atoms with Crippen molar-refractivity contribution in [3.63, 3.8) is 0 Å². The highest BCUT2D eigenvalue weighted by atomic mass is 32.1. The fraction of sp³-hybridized carbons (Fsp3) is 0.0385. The first kappa shape index (κ1) is 20.7. The molecule has 2 heterocycles. The van der Waals surface area contributed by atoms with E-state index in [-0.39, 0.29) is 16.2 Å². The van der Waals surface area contributed by atoms with Crippen molar-refractivity contribution in [1.82, 2.24) is 9.55 Å². The summed E-state index contributed by atoms with van der Waals surface area (Å²) >= 11 is 5.34. The number of ether oxygens (including phenoxy) is 1. The van der Waals surface area contributed by atoms with Gasteiger partial charge >= 0.3 is 0 Å². The number of aromatic nitrogens is 2. The lowest BCUT2D eigenvalue weighted by molar-refractivity contribution is 0.431. The Morgan fingerprint density at radius 1 is 1.00 bits per heavy atom. The van der Waals surface area contributed by atoms with E-state index in [1.165, 1.54) is 4.57 Å². The van der Waals surface area contributed by atoms with Crippen LogP contribution in [0.25, 0.3) is 17.3 Å². The molecule has 4 aromatic rings. The number of hydrogen-bond acceptors (Lipinski definition) is 5. The van der Waals surface area contributed by atoms with Gasteiger partial charge in [0.05, 0.1) is 11.4 Å². The normalized spacial score (nSPS) is 13.3. The van der Waals surface area contributed by atoms with Gasteiger partial charge in [-0.3, -0.25) is 19.3 Å². The van der Waals surface area contributed by atoms with Gasteiger partial charge in [0, 0.05) is 17.4 Å². The molecule has 7 heteroatoms. The van der Waals surface area contributed by atoms with Crippen molar-refractivity contribution in [2.45, 2.75) is 6.92 Å². The van der Waals surface area contributed by atoms with Gasteiger partial charge in [0.1, 0.15) is 17.1 Å². The minimum absolute atomic E-state index is 0.0905. The number of aliphatic imine (C=N–C) groups is 1. The van der Waals surface area contributed by atoms with Crippen LogP contribution in [-0.2, 0) is 0 Å². The second-order valence-corrected chi connectivity index (χ2v) is 7.96. The molecular formula is C26H19N3O3S. The largest absolute Gasteiger partial charge is 0.494 e. The van der Waals surface area contributed by atoms with Gasteiger partial charge in [0.25, 0.3) is 5.56 Å². The third-order valence-electron chi connectivity index (χ3n) is 5.38. The van der Waals surface area contributed by atoms with Crippen molar-refractivity contribution in [1.29, 1.82) is 0 Å². The predicted molar refractivity (Wildman–Crippen MR) is 133 cm³/mol. The molecule has 2 N–H and O–H groups in total. The van der Waals surface area contributed by atoms with E-state index in [0.717, 1.165) is 28.1 Å². The molecule has 1 aliphatic rings. The number of rotatable bonds is 4. The molecule has 0 spiro atoms. The first-order valence-electron chi connectivity index (χ1n) is 10.3. The second-order valence-electron chi connectivity index (χ2n) is 7.57. The zero-order chi connectivity index (χ0) is 22.9. The van der Waals surface area contributed by atoms with E-state index in [1.54, 1.807) is 36.6 Å². The van der Waals surface area contributed by atoms with E-state index in [2.05, 4.69) is 9.98 Å². The van der Waals surface area contributed by atoms with Crippen molar-refractivity contribution >= 4 is 35.8 Å². The molecule has 6 nitrogen and oxygen atoms in total. The maximum absolute atomic E-state index is 12.7. The first-order valence-corrected chi connectivity index (χ1v) is 10.7. The average molecular weight is 454 g/mol. The molecule has 0 bridgehead atoms. The molecule has 33 heavy (non-hydrogen) atoms. The van der Waals surface area contributed by atoms with Crippen LogP contribution in [0.1, 0.15) is 16.7 Å². The van der Waals surface area contributed by atoms with Gasteiger partial charge in [-0.25, -0.2) is 0 Å². The molecular weight excluding hydrogens is 434 g/mol. The monoisotopic (exact) mass is 453 g/mol. The molecule has 0 amide bonds. The third kappa shape index (κ3) is 3.90. The van der Waals surface area contributed by atoms with Crippen LogP contribution in [-0.4, -0.2) is 20.9 Å². The molecule has 1 aliphatic heterocycles. The summed E-state index contributed by atoms with van der Waals surface area (Å²) in [5.41, 5.74) is 3.77. The Hall–Kier alpha value is -4.23. The number of nitrogens with zero attached hydrogens (tertiary/aromatic N) is 2. The Balaban J connectivity index is 1.54. The fourth-order valence-corrected chi connectivity index (χ4v) is 4.02. The molecule has 0 saturated carbocycles. The van der Waals surface area contributed by atoms with Gasteiger partial charge in [-0.15, -0.1) is 0 Å². The van der Waals surface area contributed by atoms with Crippen LogP contribution in [0.4, 0.5) is 5.69 Å². The number of hydrogen-bond donors (Lipinski definition) is 2. The van der Waals surface area contributed by atoms with Crippen LogP contribution in [0.3, 0.4) is 0 Å². The van der Waals surface area contributed by atoms with Crippen molar-refractivity contribution in [3.8, 4) is 23.1 Å². The van der Waals surface area contributed by atoms with E-state index >= 15 is 0 Å². The average Bonchev–Trinajstić information content (AvgIpc) is 3.22. The number of fused-ring (bicyclic) bond motifs is 1. The Bertz CT molecular complexity index is 1530. The fourth-order valence-electron chi connectivity index (χ4n) is 3.73. The summed E-state index contributed by atoms with van der Waals surface area (Å²) in [5, 5.41) is 11.0. The Kier molecular flexibility index (Phi) is 5.24. The Morgan fingerprint density at radius 3 is 2.48 bits per heavy atom. The van der Waals surface area contributed by atoms with Gasteiger partial charge < -0.3 is 9.84 Å².